The van der Waals surface area contributed by atoms with Crippen LogP contribution in [0.5, 0.6) is 0 Å². The average Bonchev–Trinajstić information content (AvgIpc) is 3.32. The number of fused-ring (bicyclic) bond motifs is 2. The molecule has 2 aromatic rings. The van der Waals surface area contributed by atoms with E-state index < -0.39 is 30.4 Å². The second-order valence-corrected chi connectivity index (χ2v) is 55.9. The molecule has 0 saturated carbocycles. The number of rotatable bonds is 9. The summed E-state index contributed by atoms with van der Waals surface area (Å²) in [5, 5.41) is 0. The second-order valence-electron chi connectivity index (χ2n) is 10.7. The summed E-state index contributed by atoms with van der Waals surface area (Å²) in [7, 11) is 0. The molecule has 4 rings (SSSR count). The van der Waals surface area contributed by atoms with Gasteiger partial charge in [0.1, 0.15) is 0 Å². The second kappa shape index (κ2) is 13.1. The quantitative estimate of drug-likeness (QED) is 0.229. The van der Waals surface area contributed by atoms with Gasteiger partial charge < -0.3 is 0 Å². The molecule has 0 heterocycles. The van der Waals surface area contributed by atoms with Crippen molar-refractivity contribution in [2.75, 3.05) is 0 Å². The van der Waals surface area contributed by atoms with Gasteiger partial charge in [-0.3, -0.25) is 0 Å². The van der Waals surface area contributed by atoms with Crippen LogP contribution in [0.1, 0.15) is 75.5 Å². The summed E-state index contributed by atoms with van der Waals surface area (Å²) in [4.78, 5) is 0. The molecular weight excluding hydrogens is 656 g/mol. The summed E-state index contributed by atoms with van der Waals surface area (Å²) in [6.45, 7) is 15.8. The molecule has 2 unspecified atom stereocenters. The van der Waals surface area contributed by atoms with E-state index in [0.29, 0.717) is 0 Å². The van der Waals surface area contributed by atoms with Crippen LogP contribution < -0.4 is 0 Å². The zero-order chi connectivity index (χ0) is 22.9. The molecule has 0 radical (unpaired) electrons. The molecule has 34 heavy (non-hydrogen) atoms. The van der Waals surface area contributed by atoms with Crippen LogP contribution in [0.15, 0.2) is 59.7 Å². The van der Waals surface area contributed by atoms with Crippen LogP contribution in [0.25, 0.3) is 12.2 Å². The minimum atomic E-state index is -2.73. The van der Waals surface area contributed by atoms with Gasteiger partial charge in [0.2, 0.25) is 0 Å². The normalized spacial score (nSPS) is 18.7. The molecule has 2 aromatic carbocycles. The number of hydrogen-bond acceptors (Lipinski definition) is 0. The standard InChI is InChI=1S/C13H15.C12H13.2C2H7Si.2BrH.Zr/c1-2-3-6-11-9-12-7-4-5-8-13(12)10-11;1-2-5-10-8-11-6-3-4-7-12(11)9-10;2*1-3-2;;;/h4-5,7-10H,2-3,6H2,1H3;3-4,6-9H,2,5H2,1H3;2*3H,1-2H3;2*1H;. The maximum atomic E-state index is 2.77. The molecule has 0 aromatic heterocycles. The molecule has 0 aliphatic heterocycles. The summed E-state index contributed by atoms with van der Waals surface area (Å²) >= 11 is -2.73. The van der Waals surface area contributed by atoms with E-state index in [0.717, 1.165) is 7.25 Å². The molecular formula is C29H44Br2Si2Zr. The van der Waals surface area contributed by atoms with E-state index >= 15 is 0 Å². The SMILES string of the molecule is Br.Br.CCCCC1=Cc2ccccc2[CH]1[Zr]([CH]1C(CCC)=Cc2ccccc21)([SiH](C)C)[SiH](C)C. The first-order chi connectivity index (χ1) is 15.5. The monoisotopic (exact) mass is 696 g/mol. The van der Waals surface area contributed by atoms with Crippen LogP contribution >= 0.6 is 34.0 Å². The van der Waals surface area contributed by atoms with Crippen molar-refractivity contribution in [3.05, 3.63) is 81.9 Å². The fraction of sp³-hybridized carbons (Fsp3) is 0.448. The summed E-state index contributed by atoms with van der Waals surface area (Å²) in [5.41, 5.74) is 10.2. The summed E-state index contributed by atoms with van der Waals surface area (Å²) in [5.74, 6) is -1.70. The number of allylic oxidation sites excluding steroid dienone is 2. The van der Waals surface area contributed by atoms with E-state index in [1.54, 1.807) is 22.3 Å². The predicted molar refractivity (Wildman–Crippen MR) is 167 cm³/mol. The van der Waals surface area contributed by atoms with Gasteiger partial charge >= 0.3 is 204 Å². The zero-order valence-electron chi connectivity index (χ0n) is 21.9. The third-order valence-corrected chi connectivity index (χ3v) is 81.7. The van der Waals surface area contributed by atoms with Crippen LogP contribution in [0, 0.1) is 0 Å². The molecule has 0 N–H and O–H groups in total. The molecule has 0 bridgehead atoms. The Morgan fingerprint density at radius 2 is 1.09 bits per heavy atom. The molecule has 2 atom stereocenters. The topological polar surface area (TPSA) is 0 Å². The van der Waals surface area contributed by atoms with Gasteiger partial charge in [0.15, 0.2) is 0 Å². The van der Waals surface area contributed by atoms with Crippen molar-refractivity contribution in [1.82, 2.24) is 0 Å². The minimum absolute atomic E-state index is 0. The van der Waals surface area contributed by atoms with Crippen LogP contribution in [-0.4, -0.2) is 11.8 Å². The van der Waals surface area contributed by atoms with Crippen molar-refractivity contribution in [3.8, 4) is 0 Å². The van der Waals surface area contributed by atoms with Gasteiger partial charge in [-0.25, -0.2) is 0 Å². The number of hydrogen-bond donors (Lipinski definition) is 0. The van der Waals surface area contributed by atoms with Crippen LogP contribution in [0.3, 0.4) is 0 Å². The van der Waals surface area contributed by atoms with Gasteiger partial charge in [0.25, 0.3) is 0 Å². The van der Waals surface area contributed by atoms with Crippen LogP contribution in [0.4, 0.5) is 0 Å². The van der Waals surface area contributed by atoms with E-state index in [9.17, 15) is 0 Å². The van der Waals surface area contributed by atoms with Crippen molar-refractivity contribution in [2.45, 2.75) is 79.4 Å². The molecule has 0 saturated heterocycles. The predicted octanol–water partition coefficient (Wildman–Crippen LogP) is 9.53. The summed E-state index contributed by atoms with van der Waals surface area (Å²) in [6, 6.07) is 19.0. The summed E-state index contributed by atoms with van der Waals surface area (Å²) < 4.78 is 1.64. The number of unbranched alkanes of at least 4 members (excludes halogenated alkanes) is 1. The van der Waals surface area contributed by atoms with E-state index in [-0.39, 0.29) is 34.0 Å². The van der Waals surface area contributed by atoms with Crippen LogP contribution in [-0.2, 0) is 18.6 Å². The first kappa shape index (κ1) is 30.4. The van der Waals surface area contributed by atoms with Crippen molar-refractivity contribution in [2.24, 2.45) is 0 Å². The molecule has 0 spiro atoms. The van der Waals surface area contributed by atoms with Crippen molar-refractivity contribution in [3.63, 3.8) is 0 Å². The molecule has 186 valence electrons. The van der Waals surface area contributed by atoms with Gasteiger partial charge in [-0.2, -0.15) is 0 Å². The fourth-order valence-electron chi connectivity index (χ4n) is 7.23. The molecule has 5 heteroatoms. The Hall–Kier alpha value is 0.197. The Bertz CT molecular complexity index is 1020. The Morgan fingerprint density at radius 3 is 1.50 bits per heavy atom. The number of halogens is 2. The molecule has 0 amide bonds. The maximum absolute atomic E-state index is 2.77. The Balaban J connectivity index is 0.00000204. The molecule has 0 fully saturated rings. The van der Waals surface area contributed by atoms with Crippen molar-refractivity contribution < 1.29 is 18.6 Å². The summed E-state index contributed by atoms with van der Waals surface area (Å²) in [6.07, 6.45) is 11.8. The van der Waals surface area contributed by atoms with Gasteiger partial charge in [0, 0.05) is 0 Å². The zero-order valence-corrected chi connectivity index (χ0v) is 30.1. The Morgan fingerprint density at radius 1 is 0.647 bits per heavy atom. The van der Waals surface area contributed by atoms with Crippen molar-refractivity contribution in [1.29, 1.82) is 0 Å². The van der Waals surface area contributed by atoms with Gasteiger partial charge in [-0.05, 0) is 0 Å². The average molecular weight is 700 g/mol. The van der Waals surface area contributed by atoms with Gasteiger partial charge in [0.05, 0.1) is 0 Å². The molecule has 2 aliphatic carbocycles. The molecule has 2 aliphatic rings. The Labute approximate surface area is 235 Å². The van der Waals surface area contributed by atoms with E-state index in [1.807, 2.05) is 11.1 Å². The number of benzene rings is 2. The van der Waals surface area contributed by atoms with E-state index in [1.165, 1.54) is 32.1 Å². The van der Waals surface area contributed by atoms with Crippen LogP contribution in [0.2, 0.25) is 26.2 Å². The first-order valence-electron chi connectivity index (χ1n) is 13.0. The first-order valence-corrected chi connectivity index (χ1v) is 30.2. The van der Waals surface area contributed by atoms with Gasteiger partial charge in [-0.15, -0.1) is 34.0 Å². The fourth-order valence-corrected chi connectivity index (χ4v) is 82.7. The third kappa shape index (κ3) is 5.26. The van der Waals surface area contributed by atoms with E-state index in [4.69, 9.17) is 0 Å². The van der Waals surface area contributed by atoms with E-state index in [2.05, 4.69) is 101 Å². The third-order valence-electron chi connectivity index (χ3n) is 8.40. The van der Waals surface area contributed by atoms with Gasteiger partial charge in [-0.1, -0.05) is 0 Å². The van der Waals surface area contributed by atoms with Crippen molar-refractivity contribution >= 4 is 58.0 Å². The Kier molecular flexibility index (Phi) is 11.7. The molecule has 0 nitrogen and oxygen atoms in total.